The zero-order valence-electron chi connectivity index (χ0n) is 28.6. The number of anilines is 4. The Morgan fingerprint density at radius 2 is 1.28 bits per heavy atom. The van der Waals surface area contributed by atoms with Crippen LogP contribution < -0.4 is 16.8 Å². The van der Waals surface area contributed by atoms with E-state index >= 15 is 0 Å². The number of phenols is 2. The van der Waals surface area contributed by atoms with E-state index in [0.29, 0.717) is 57.4 Å². The maximum Gasteiger partial charge on any atom is 0.296 e. The lowest BCUT2D eigenvalue weighted by molar-refractivity contribution is -0.432. The average Bonchev–Trinajstić information content (AvgIpc) is 3.19. The van der Waals surface area contributed by atoms with Crippen LogP contribution in [0.5, 0.6) is 11.5 Å². The van der Waals surface area contributed by atoms with Crippen LogP contribution in [-0.2, 0) is 28.9 Å². The SMILES string of the molecule is Nc1cc(O)ccc1N=Nc1ccc(Nc2ccc(N=Nc3c(SOOO)cc4cc(S(=O)(=O)O)c(N=Nc5ccccc5)c(O)c4c3N)cc2SOOO)cc1. The molecule has 0 unspecified atom stereocenters. The molecule has 0 atom stereocenters. The molecule has 0 aliphatic carbocycles. The Morgan fingerprint density at radius 3 is 1.96 bits per heavy atom. The van der Waals surface area contributed by atoms with Gasteiger partial charge in [0, 0.05) is 11.8 Å². The smallest absolute Gasteiger partial charge is 0.296 e. The minimum absolute atomic E-state index is 0.00678. The van der Waals surface area contributed by atoms with Crippen molar-refractivity contribution < 1.29 is 52.4 Å². The maximum absolute atomic E-state index is 12.4. The van der Waals surface area contributed by atoms with Crippen LogP contribution in [0.1, 0.15) is 0 Å². The fourth-order valence-electron chi connectivity index (χ4n) is 5.04. The van der Waals surface area contributed by atoms with Crippen LogP contribution in [0.4, 0.5) is 56.9 Å². The molecule has 0 heterocycles. The third kappa shape index (κ3) is 9.95. The number of nitrogen functional groups attached to an aromatic ring is 2. The van der Waals surface area contributed by atoms with Crippen molar-refractivity contribution in [1.29, 1.82) is 0 Å². The first-order chi connectivity index (χ1) is 27.4. The van der Waals surface area contributed by atoms with Crippen molar-refractivity contribution in [1.82, 2.24) is 0 Å². The number of benzene rings is 6. The highest BCUT2D eigenvalue weighted by molar-refractivity contribution is 7.95. The van der Waals surface area contributed by atoms with Crippen molar-refractivity contribution in [3.05, 3.63) is 103 Å². The Kier molecular flexibility index (Phi) is 12.9. The Balaban J connectivity index is 1.33. The van der Waals surface area contributed by atoms with E-state index in [1.165, 1.54) is 30.3 Å². The molecular formula is C34H27N9O11S3. The van der Waals surface area contributed by atoms with Crippen LogP contribution in [0.25, 0.3) is 10.8 Å². The summed E-state index contributed by atoms with van der Waals surface area (Å²) in [6.07, 6.45) is 0. The van der Waals surface area contributed by atoms with E-state index in [4.69, 9.17) is 22.0 Å². The summed E-state index contributed by atoms with van der Waals surface area (Å²) in [5.74, 6) is -0.743. The second-order valence-electron chi connectivity index (χ2n) is 11.3. The van der Waals surface area contributed by atoms with Crippen LogP contribution in [-0.4, -0.2) is 33.7 Å². The molecule has 0 bridgehead atoms. The van der Waals surface area contributed by atoms with Crippen LogP contribution in [0.15, 0.2) is 149 Å². The average molecular weight is 834 g/mol. The van der Waals surface area contributed by atoms with Gasteiger partial charge >= 0.3 is 0 Å². The van der Waals surface area contributed by atoms with Crippen LogP contribution >= 0.6 is 24.1 Å². The molecule has 23 heteroatoms. The Morgan fingerprint density at radius 1 is 0.649 bits per heavy atom. The van der Waals surface area contributed by atoms with Crippen LogP contribution in [0.2, 0.25) is 0 Å². The maximum atomic E-state index is 12.4. The quantitative estimate of drug-likeness (QED) is 0.0119. The molecule has 6 rings (SSSR count). The number of hydrogen-bond acceptors (Lipinski definition) is 21. The fraction of sp³-hybridized carbons (Fsp3) is 0. The van der Waals surface area contributed by atoms with Gasteiger partial charge in [0.1, 0.15) is 27.7 Å². The monoisotopic (exact) mass is 833 g/mol. The normalized spacial score (nSPS) is 12.1. The zero-order chi connectivity index (χ0) is 40.5. The molecule has 0 saturated carbocycles. The summed E-state index contributed by atoms with van der Waals surface area (Å²) in [5, 5.41) is 73.8. The number of phenolic OH excluding ortho intramolecular Hbond substituents is 2. The van der Waals surface area contributed by atoms with Crippen molar-refractivity contribution in [3.8, 4) is 11.5 Å². The van der Waals surface area contributed by atoms with E-state index in [9.17, 15) is 23.2 Å². The van der Waals surface area contributed by atoms with E-state index in [1.54, 1.807) is 66.7 Å². The summed E-state index contributed by atoms with van der Waals surface area (Å²) in [7, 11) is -4.96. The highest BCUT2D eigenvalue weighted by atomic mass is 32.2. The largest absolute Gasteiger partial charge is 0.508 e. The van der Waals surface area contributed by atoms with Gasteiger partial charge < -0.3 is 27.0 Å². The molecule has 0 spiro atoms. The van der Waals surface area contributed by atoms with Gasteiger partial charge in [0.25, 0.3) is 10.1 Å². The molecule has 6 aromatic carbocycles. The standard InChI is InChI=1S/C34H27N9O11S3/c35-24-17-23(44)11-13-25(24)41-38-21-8-6-19(7-9-21)37-26-12-10-22(16-27(26)55-53-51-46)40-42-32-28(56-54-52-47)14-18-15-29(57(48,49)50)33(34(45)30(18)31(32)36)43-39-20-4-2-1-3-5-20/h1-17,37,44-47H,35-36H2,(H,48,49,50). The summed E-state index contributed by atoms with van der Waals surface area (Å²) in [5.41, 5.74) is 14.2. The third-order valence-electron chi connectivity index (χ3n) is 7.58. The lowest BCUT2D eigenvalue weighted by Gasteiger charge is -2.14. The van der Waals surface area contributed by atoms with Crippen molar-refractivity contribution in [2.75, 3.05) is 16.8 Å². The van der Waals surface area contributed by atoms with Crippen molar-refractivity contribution in [2.45, 2.75) is 14.7 Å². The van der Waals surface area contributed by atoms with Gasteiger partial charge in [-0.1, -0.05) is 28.3 Å². The molecule has 0 aromatic heterocycles. The van der Waals surface area contributed by atoms with Crippen molar-refractivity contribution in [2.24, 2.45) is 30.7 Å². The molecule has 0 radical (unpaired) electrons. The molecule has 292 valence electrons. The number of aromatic hydroxyl groups is 2. The van der Waals surface area contributed by atoms with Gasteiger partial charge in [-0.3, -0.25) is 4.55 Å². The second kappa shape index (κ2) is 18.1. The Bertz CT molecular complexity index is 2620. The van der Waals surface area contributed by atoms with E-state index < -0.39 is 26.5 Å². The number of fused-ring (bicyclic) bond motifs is 1. The minimum atomic E-state index is -4.96. The van der Waals surface area contributed by atoms with Gasteiger partial charge in [-0.15, -0.1) is 24.0 Å². The first-order valence-electron chi connectivity index (χ1n) is 15.7. The first-order valence-corrected chi connectivity index (χ1v) is 18.7. The topological polar surface area (TPSA) is 310 Å². The number of rotatable bonds is 15. The lowest BCUT2D eigenvalue weighted by atomic mass is 10.1. The van der Waals surface area contributed by atoms with Crippen molar-refractivity contribution in [3.63, 3.8) is 0 Å². The number of azo groups is 3. The molecule has 6 aromatic rings. The first kappa shape index (κ1) is 40.4. The van der Waals surface area contributed by atoms with Gasteiger partial charge in [-0.05, 0) is 84.2 Å². The number of nitrogens with zero attached hydrogens (tertiary/aromatic N) is 6. The Hall–Kier alpha value is -6.25. The second-order valence-corrected chi connectivity index (χ2v) is 14.1. The number of nitrogens with one attached hydrogen (secondary N) is 1. The predicted molar refractivity (Wildman–Crippen MR) is 209 cm³/mol. The van der Waals surface area contributed by atoms with E-state index in [0.717, 1.165) is 6.07 Å². The molecular weight excluding hydrogens is 807 g/mol. The van der Waals surface area contributed by atoms with Gasteiger partial charge in [-0.2, -0.15) is 23.8 Å². The van der Waals surface area contributed by atoms with Crippen LogP contribution in [0.3, 0.4) is 0 Å². The molecule has 57 heavy (non-hydrogen) atoms. The highest BCUT2D eigenvalue weighted by Crippen LogP contribution is 2.49. The van der Waals surface area contributed by atoms with Crippen molar-refractivity contribution >= 4 is 102 Å². The van der Waals surface area contributed by atoms with Crippen LogP contribution in [0, 0.1) is 0 Å². The number of hydrogen-bond donors (Lipinski definition) is 8. The van der Waals surface area contributed by atoms with Gasteiger partial charge in [0.15, 0.2) is 5.75 Å². The minimum Gasteiger partial charge on any atom is -0.508 e. The summed E-state index contributed by atoms with van der Waals surface area (Å²) in [4.78, 5) is -0.396. The van der Waals surface area contributed by atoms with Gasteiger partial charge in [0.2, 0.25) is 0 Å². The summed E-state index contributed by atoms with van der Waals surface area (Å²) in [6.45, 7) is 0. The molecule has 10 N–H and O–H groups in total. The number of nitrogens with two attached hydrogens (primary N) is 2. The summed E-state index contributed by atoms with van der Waals surface area (Å²) in [6, 6.07) is 26.4. The van der Waals surface area contributed by atoms with E-state index in [1.807, 2.05) is 0 Å². The third-order valence-corrected chi connectivity index (χ3v) is 9.72. The molecule has 0 amide bonds. The van der Waals surface area contributed by atoms with Gasteiger partial charge in [-0.25, -0.2) is 10.5 Å². The summed E-state index contributed by atoms with van der Waals surface area (Å²) < 4.78 is 44.1. The lowest BCUT2D eigenvalue weighted by Crippen LogP contribution is -2.00. The summed E-state index contributed by atoms with van der Waals surface area (Å²) >= 11 is 1.04. The molecule has 0 fully saturated rings. The molecule has 0 saturated heterocycles. The fourth-order valence-corrected chi connectivity index (χ4v) is 6.69. The Labute approximate surface area is 330 Å². The zero-order valence-corrected chi connectivity index (χ0v) is 31.0. The van der Waals surface area contributed by atoms with Gasteiger partial charge in [0.05, 0.1) is 73.4 Å². The molecule has 0 aliphatic heterocycles. The molecule has 0 aliphatic rings. The highest BCUT2D eigenvalue weighted by Gasteiger charge is 2.26. The van der Waals surface area contributed by atoms with E-state index in [-0.39, 0.29) is 44.2 Å². The predicted octanol–water partition coefficient (Wildman–Crippen LogP) is 10.5. The van der Waals surface area contributed by atoms with E-state index in [2.05, 4.69) is 54.7 Å². The molecule has 20 nitrogen and oxygen atoms in total.